The van der Waals surface area contributed by atoms with Gasteiger partial charge in [0.1, 0.15) is 0 Å². The van der Waals surface area contributed by atoms with Crippen molar-refractivity contribution in [3.8, 4) is 0 Å². The Bertz CT molecular complexity index is 337. The summed E-state index contributed by atoms with van der Waals surface area (Å²) in [6, 6.07) is 10.5. The quantitative estimate of drug-likeness (QED) is 0.626. The fourth-order valence-corrected chi connectivity index (χ4v) is 3.97. The molecule has 0 N–H and O–H groups in total. The molecule has 0 spiro atoms. The Morgan fingerprint density at radius 3 is 2.88 bits per heavy atom. The van der Waals surface area contributed by atoms with Crippen molar-refractivity contribution in [1.29, 1.82) is 0 Å². The van der Waals surface area contributed by atoms with E-state index in [1.54, 1.807) is 0 Å². The summed E-state index contributed by atoms with van der Waals surface area (Å²) in [5.41, 5.74) is 1.39. The van der Waals surface area contributed by atoms with Crippen molar-refractivity contribution in [3.05, 3.63) is 35.9 Å². The monoisotopic (exact) mass is 284 g/mol. The van der Waals surface area contributed by atoms with Crippen LogP contribution in [0.3, 0.4) is 0 Å². The van der Waals surface area contributed by atoms with Crippen LogP contribution >= 0.6 is 0 Å². The third-order valence-electron chi connectivity index (χ3n) is 2.62. The van der Waals surface area contributed by atoms with E-state index in [-0.39, 0.29) is 12.1 Å². The van der Waals surface area contributed by atoms with Gasteiger partial charge in [-0.2, -0.15) is 0 Å². The van der Waals surface area contributed by atoms with E-state index in [4.69, 9.17) is 4.74 Å². The maximum absolute atomic E-state index is 11.1. The molecule has 0 amide bonds. The Morgan fingerprint density at radius 2 is 2.12 bits per heavy atom. The van der Waals surface area contributed by atoms with E-state index in [0.29, 0.717) is 21.4 Å². The van der Waals surface area contributed by atoms with Crippen molar-refractivity contribution in [1.82, 2.24) is 0 Å². The van der Waals surface area contributed by atoms with Crippen molar-refractivity contribution >= 4 is 20.9 Å². The van der Waals surface area contributed by atoms with E-state index in [1.807, 2.05) is 6.07 Å². The van der Waals surface area contributed by atoms with Gasteiger partial charge in [0.15, 0.2) is 0 Å². The summed E-state index contributed by atoms with van der Waals surface area (Å²) in [4.78, 5) is 11.1. The molecule has 1 aromatic carbocycles. The van der Waals surface area contributed by atoms with Gasteiger partial charge in [-0.1, -0.05) is 0 Å². The van der Waals surface area contributed by atoms with Gasteiger partial charge in [0.25, 0.3) is 0 Å². The third-order valence-corrected chi connectivity index (χ3v) is 5.02. The number of carbonyl (C=O) groups excluding carboxylic acids is 1. The first-order valence-corrected chi connectivity index (χ1v) is 8.08. The van der Waals surface area contributed by atoms with Crippen molar-refractivity contribution in [2.24, 2.45) is 0 Å². The fourth-order valence-electron chi connectivity index (χ4n) is 1.78. The summed E-state index contributed by atoms with van der Waals surface area (Å²) in [5, 5.41) is 2.20. The zero-order chi connectivity index (χ0) is 11.2. The first-order chi connectivity index (χ1) is 7.84. The normalized spacial score (nSPS) is 20.5. The molecule has 0 aliphatic carbocycles. The van der Waals surface area contributed by atoms with E-state index in [9.17, 15) is 4.79 Å². The number of rotatable bonds is 4. The summed E-state index contributed by atoms with van der Waals surface area (Å²) in [6.45, 7) is 0. The Kier molecular flexibility index (Phi) is 4.43. The molecule has 1 saturated heterocycles. The Labute approximate surface area is 103 Å². The molecule has 3 heteroatoms. The van der Waals surface area contributed by atoms with Gasteiger partial charge >= 0.3 is 102 Å². The van der Waals surface area contributed by atoms with Gasteiger partial charge in [-0.3, -0.25) is 0 Å². The summed E-state index contributed by atoms with van der Waals surface area (Å²) in [5.74, 6) is -0.00763. The van der Waals surface area contributed by atoms with Crippen LogP contribution in [0.4, 0.5) is 0 Å². The Morgan fingerprint density at radius 1 is 1.31 bits per heavy atom. The molecule has 1 unspecified atom stereocenters. The molecular weight excluding hydrogens is 267 g/mol. The van der Waals surface area contributed by atoms with Gasteiger partial charge in [-0.25, -0.2) is 0 Å². The van der Waals surface area contributed by atoms with Gasteiger partial charge in [0, 0.05) is 0 Å². The van der Waals surface area contributed by atoms with Crippen LogP contribution in [0, 0.1) is 0 Å². The number of hydrogen-bond acceptors (Lipinski definition) is 2. The molecule has 0 radical (unpaired) electrons. The van der Waals surface area contributed by atoms with Gasteiger partial charge < -0.3 is 0 Å². The average Bonchev–Trinajstić information content (AvgIpc) is 2.30. The summed E-state index contributed by atoms with van der Waals surface area (Å²) in [7, 11) is 0. The first kappa shape index (κ1) is 11.7. The van der Waals surface area contributed by atoms with Crippen LogP contribution in [0.15, 0.2) is 30.3 Å². The fraction of sp³-hybridized carbons (Fsp3) is 0.462. The molecule has 1 atom stereocenters. The molecule has 1 aliphatic heterocycles. The number of carbonyl (C=O) groups is 1. The maximum atomic E-state index is 11.1. The molecule has 16 heavy (non-hydrogen) atoms. The van der Waals surface area contributed by atoms with Crippen molar-refractivity contribution in [2.45, 2.75) is 36.0 Å². The standard InChI is InChI=1S/C13H16O2Se/c14-13-8-4-7-12(15-13)10-16-9-11-5-2-1-3-6-11/h1-3,5-6,12H,4,7-10H2. The zero-order valence-corrected chi connectivity index (χ0v) is 10.9. The molecule has 86 valence electrons. The average molecular weight is 283 g/mol. The minimum atomic E-state index is -0.00763. The molecular formula is C13H16O2Se. The Hall–Kier alpha value is -0.791. The van der Waals surface area contributed by atoms with Crippen molar-refractivity contribution in [2.75, 3.05) is 0 Å². The van der Waals surface area contributed by atoms with Crippen molar-refractivity contribution in [3.63, 3.8) is 0 Å². The second-order valence-corrected chi connectivity index (χ2v) is 6.17. The second-order valence-electron chi connectivity index (χ2n) is 4.00. The van der Waals surface area contributed by atoms with Gasteiger partial charge in [-0.05, 0) is 0 Å². The van der Waals surface area contributed by atoms with Crippen LogP contribution in [0.2, 0.25) is 5.32 Å². The van der Waals surface area contributed by atoms with Gasteiger partial charge in [0.05, 0.1) is 0 Å². The first-order valence-electron chi connectivity index (χ1n) is 5.66. The van der Waals surface area contributed by atoms with Crippen LogP contribution in [-0.4, -0.2) is 27.0 Å². The molecule has 1 heterocycles. The van der Waals surface area contributed by atoms with E-state index < -0.39 is 0 Å². The topological polar surface area (TPSA) is 26.3 Å². The summed E-state index contributed by atoms with van der Waals surface area (Å²) >= 11 is 0.545. The van der Waals surface area contributed by atoms with E-state index in [1.165, 1.54) is 5.56 Å². The number of esters is 1. The van der Waals surface area contributed by atoms with E-state index in [0.717, 1.165) is 23.5 Å². The van der Waals surface area contributed by atoms with Gasteiger partial charge in [-0.15, -0.1) is 0 Å². The molecule has 0 saturated carbocycles. The number of hydrogen-bond donors (Lipinski definition) is 0. The SMILES string of the molecule is O=C1CCCC(C[Se]Cc2ccccc2)O1. The number of ether oxygens (including phenoxy) is 1. The number of cyclic esters (lactones) is 1. The molecule has 1 fully saturated rings. The Balaban J connectivity index is 1.70. The van der Waals surface area contributed by atoms with Gasteiger partial charge in [0.2, 0.25) is 0 Å². The summed E-state index contributed by atoms with van der Waals surface area (Å²) < 4.78 is 5.30. The third kappa shape index (κ3) is 3.66. The van der Waals surface area contributed by atoms with E-state index >= 15 is 0 Å². The molecule has 0 bridgehead atoms. The molecule has 1 aliphatic rings. The molecule has 1 aromatic rings. The predicted octanol–water partition coefficient (Wildman–Crippen LogP) is 2.40. The van der Waals surface area contributed by atoms with Crippen molar-refractivity contribution < 1.29 is 9.53 Å². The molecule has 0 aromatic heterocycles. The van der Waals surface area contributed by atoms with Crippen LogP contribution in [-0.2, 0) is 14.9 Å². The molecule has 2 rings (SSSR count). The predicted molar refractivity (Wildman–Crippen MR) is 64.4 cm³/mol. The van der Waals surface area contributed by atoms with Crippen LogP contribution in [0.5, 0.6) is 0 Å². The second kappa shape index (κ2) is 6.07. The number of benzene rings is 1. The van der Waals surface area contributed by atoms with Crippen LogP contribution in [0.1, 0.15) is 24.8 Å². The summed E-state index contributed by atoms with van der Waals surface area (Å²) in [6.07, 6.45) is 2.88. The molecule has 2 nitrogen and oxygen atoms in total. The van der Waals surface area contributed by atoms with Crippen LogP contribution in [0.25, 0.3) is 0 Å². The minimum absolute atomic E-state index is 0.00763. The van der Waals surface area contributed by atoms with Crippen LogP contribution < -0.4 is 0 Å². The van der Waals surface area contributed by atoms with E-state index in [2.05, 4.69) is 24.3 Å². The zero-order valence-electron chi connectivity index (χ0n) is 9.22.